The minimum absolute atomic E-state index is 0.0362. The topological polar surface area (TPSA) is 78.1 Å². The molecule has 3 rings (SSSR count). The van der Waals surface area contributed by atoms with E-state index in [-0.39, 0.29) is 17.3 Å². The standard InChI is InChI=1S/C16H16N4O2S/c1-9(2)15-19-20-13(17)11(14(21)18-16(20)23-15)8-10-6-4-5-7-12(10)22-3/h4-9,17H,1-3H3. The van der Waals surface area contributed by atoms with Crippen molar-refractivity contribution in [2.75, 3.05) is 7.11 Å². The molecule has 2 aliphatic heterocycles. The van der Waals surface area contributed by atoms with Gasteiger partial charge >= 0.3 is 0 Å². The Labute approximate surface area is 138 Å². The van der Waals surface area contributed by atoms with Crippen molar-refractivity contribution >= 4 is 39.8 Å². The zero-order chi connectivity index (χ0) is 16.6. The monoisotopic (exact) mass is 328 g/mol. The molecule has 1 amide bonds. The third-order valence-corrected chi connectivity index (χ3v) is 4.61. The van der Waals surface area contributed by atoms with Crippen LogP contribution in [-0.4, -0.2) is 34.1 Å². The first kappa shape index (κ1) is 15.5. The van der Waals surface area contributed by atoms with Gasteiger partial charge < -0.3 is 4.74 Å². The lowest BCUT2D eigenvalue weighted by Crippen LogP contribution is -2.35. The average Bonchev–Trinajstić information content (AvgIpc) is 2.96. The molecule has 0 aromatic heterocycles. The minimum atomic E-state index is -0.431. The summed E-state index contributed by atoms with van der Waals surface area (Å²) in [5.74, 6) is 0.462. The first-order chi connectivity index (χ1) is 11.0. The van der Waals surface area contributed by atoms with Crippen LogP contribution in [0.4, 0.5) is 0 Å². The molecule has 23 heavy (non-hydrogen) atoms. The Morgan fingerprint density at radius 1 is 1.35 bits per heavy atom. The van der Waals surface area contributed by atoms with Crippen LogP contribution in [0.15, 0.2) is 39.9 Å². The van der Waals surface area contributed by atoms with E-state index in [0.717, 1.165) is 10.6 Å². The van der Waals surface area contributed by atoms with Crippen molar-refractivity contribution in [3.63, 3.8) is 0 Å². The number of thioether (sulfide) groups is 1. The van der Waals surface area contributed by atoms with Crippen molar-refractivity contribution in [1.82, 2.24) is 5.01 Å². The van der Waals surface area contributed by atoms with Crippen LogP contribution in [0.5, 0.6) is 5.75 Å². The van der Waals surface area contributed by atoms with Gasteiger partial charge in [-0.25, -0.2) is 0 Å². The summed E-state index contributed by atoms with van der Waals surface area (Å²) in [6.07, 6.45) is 1.62. The smallest absolute Gasteiger partial charge is 0.283 e. The van der Waals surface area contributed by atoms with Gasteiger partial charge in [-0.15, -0.1) is 0 Å². The summed E-state index contributed by atoms with van der Waals surface area (Å²) >= 11 is 1.34. The summed E-state index contributed by atoms with van der Waals surface area (Å²) < 4.78 is 5.29. The molecular weight excluding hydrogens is 312 g/mol. The zero-order valence-corrected chi connectivity index (χ0v) is 13.8. The third kappa shape index (κ3) is 2.79. The SMILES string of the molecule is COc1ccccc1C=C1C(=N)N2N=C(C(C)C)SC2=NC1=O. The van der Waals surface area contributed by atoms with Gasteiger partial charge in [-0.05, 0) is 23.9 Å². The Bertz CT molecular complexity index is 780. The number of hydrogen-bond acceptors (Lipinski definition) is 5. The molecule has 0 atom stereocenters. The maximum absolute atomic E-state index is 12.3. The van der Waals surface area contributed by atoms with Crippen LogP contribution in [0.3, 0.4) is 0 Å². The first-order valence-corrected chi connectivity index (χ1v) is 7.96. The highest BCUT2D eigenvalue weighted by atomic mass is 32.2. The summed E-state index contributed by atoms with van der Waals surface area (Å²) in [5, 5.41) is 15.4. The number of aliphatic imine (C=N–C) groups is 1. The zero-order valence-electron chi connectivity index (χ0n) is 13.0. The van der Waals surface area contributed by atoms with Crippen molar-refractivity contribution in [2.24, 2.45) is 16.0 Å². The Kier molecular flexibility index (Phi) is 4.04. The number of ether oxygens (including phenoxy) is 1. The van der Waals surface area contributed by atoms with Crippen LogP contribution in [0.2, 0.25) is 0 Å². The summed E-state index contributed by atoms with van der Waals surface area (Å²) in [5.41, 5.74) is 0.925. The molecule has 0 radical (unpaired) electrons. The van der Waals surface area contributed by atoms with Crippen molar-refractivity contribution in [3.05, 3.63) is 35.4 Å². The summed E-state index contributed by atoms with van der Waals surface area (Å²) in [4.78, 5) is 16.4. The van der Waals surface area contributed by atoms with Gasteiger partial charge in [0, 0.05) is 11.5 Å². The number of amidine groups is 2. The van der Waals surface area contributed by atoms with Gasteiger partial charge in [0.2, 0.25) is 5.17 Å². The molecule has 1 aromatic rings. The molecule has 2 heterocycles. The number of rotatable bonds is 3. The van der Waals surface area contributed by atoms with Crippen LogP contribution >= 0.6 is 11.8 Å². The molecule has 118 valence electrons. The van der Waals surface area contributed by atoms with E-state index in [0.29, 0.717) is 10.9 Å². The maximum atomic E-state index is 12.3. The van der Waals surface area contributed by atoms with Crippen molar-refractivity contribution in [1.29, 1.82) is 5.41 Å². The lowest BCUT2D eigenvalue weighted by molar-refractivity contribution is -0.114. The highest BCUT2D eigenvalue weighted by Crippen LogP contribution is 2.31. The first-order valence-electron chi connectivity index (χ1n) is 7.14. The molecular formula is C16H16N4O2S. The Balaban J connectivity index is 2.01. The lowest BCUT2D eigenvalue weighted by Gasteiger charge is -2.20. The van der Waals surface area contributed by atoms with E-state index >= 15 is 0 Å². The summed E-state index contributed by atoms with van der Waals surface area (Å²) in [7, 11) is 1.57. The molecule has 6 nitrogen and oxygen atoms in total. The second kappa shape index (κ2) is 6.00. The Hall–Kier alpha value is -2.41. The molecule has 7 heteroatoms. The lowest BCUT2D eigenvalue weighted by atomic mass is 10.1. The molecule has 0 saturated carbocycles. The van der Waals surface area contributed by atoms with Crippen molar-refractivity contribution in [3.8, 4) is 5.75 Å². The van der Waals surface area contributed by atoms with E-state index in [4.69, 9.17) is 10.1 Å². The molecule has 1 aromatic carbocycles. The quantitative estimate of drug-likeness (QED) is 0.865. The minimum Gasteiger partial charge on any atom is -0.496 e. The summed E-state index contributed by atoms with van der Waals surface area (Å²) in [6.45, 7) is 4.03. The van der Waals surface area contributed by atoms with Crippen LogP contribution in [0.25, 0.3) is 6.08 Å². The van der Waals surface area contributed by atoms with Gasteiger partial charge in [-0.3, -0.25) is 10.2 Å². The van der Waals surface area contributed by atoms with E-state index in [2.05, 4.69) is 10.1 Å². The van der Waals surface area contributed by atoms with E-state index in [1.807, 2.05) is 32.0 Å². The van der Waals surface area contributed by atoms with Gasteiger partial charge in [0.15, 0.2) is 5.84 Å². The molecule has 0 fully saturated rings. The number of hydrogen-bond donors (Lipinski definition) is 1. The average molecular weight is 328 g/mol. The molecule has 0 aliphatic carbocycles. The van der Waals surface area contributed by atoms with Gasteiger partial charge in [0.05, 0.1) is 12.7 Å². The molecule has 0 saturated heterocycles. The highest BCUT2D eigenvalue weighted by molar-refractivity contribution is 8.27. The summed E-state index contributed by atoms with van der Waals surface area (Å²) in [6, 6.07) is 7.33. The number of carbonyl (C=O) groups is 1. The second-order valence-corrected chi connectivity index (χ2v) is 6.34. The predicted octanol–water partition coefficient (Wildman–Crippen LogP) is 2.97. The van der Waals surface area contributed by atoms with Crippen molar-refractivity contribution < 1.29 is 9.53 Å². The number of nitrogens with zero attached hydrogens (tertiary/aromatic N) is 3. The van der Waals surface area contributed by atoms with E-state index in [1.165, 1.54) is 16.8 Å². The molecule has 0 bridgehead atoms. The molecule has 0 unspecified atom stereocenters. The fourth-order valence-corrected chi connectivity index (χ4v) is 3.07. The van der Waals surface area contributed by atoms with Gasteiger partial charge in [0.25, 0.3) is 5.91 Å². The van der Waals surface area contributed by atoms with E-state index < -0.39 is 5.91 Å². The maximum Gasteiger partial charge on any atom is 0.283 e. The number of benzene rings is 1. The second-order valence-electron chi connectivity index (χ2n) is 5.35. The fourth-order valence-electron chi connectivity index (χ4n) is 2.18. The van der Waals surface area contributed by atoms with E-state index in [9.17, 15) is 4.79 Å². The Morgan fingerprint density at radius 2 is 2.09 bits per heavy atom. The van der Waals surface area contributed by atoms with E-state index in [1.54, 1.807) is 19.3 Å². The van der Waals surface area contributed by atoms with Gasteiger partial charge in [0.1, 0.15) is 10.8 Å². The van der Waals surface area contributed by atoms with Crippen LogP contribution in [0, 0.1) is 11.3 Å². The van der Waals surface area contributed by atoms with Crippen molar-refractivity contribution in [2.45, 2.75) is 13.8 Å². The van der Waals surface area contributed by atoms with Gasteiger partial charge in [-0.1, -0.05) is 32.0 Å². The Morgan fingerprint density at radius 3 is 2.78 bits per heavy atom. The number of hydrazone groups is 1. The molecule has 2 aliphatic rings. The number of carbonyl (C=O) groups excluding carboxylic acids is 1. The normalized spacial score (nSPS) is 19.1. The highest BCUT2D eigenvalue weighted by Gasteiger charge is 2.36. The predicted molar refractivity (Wildman–Crippen MR) is 92.8 cm³/mol. The largest absolute Gasteiger partial charge is 0.496 e. The molecule has 1 N–H and O–H groups in total. The van der Waals surface area contributed by atoms with Crippen LogP contribution in [0.1, 0.15) is 19.4 Å². The number of fused-ring (bicyclic) bond motifs is 1. The van der Waals surface area contributed by atoms with Crippen LogP contribution in [-0.2, 0) is 4.79 Å². The number of nitrogens with one attached hydrogen (secondary N) is 1. The molecule has 0 spiro atoms. The fraction of sp³-hybridized carbons (Fsp3) is 0.250. The number of methoxy groups -OCH3 is 1. The van der Waals surface area contributed by atoms with Crippen LogP contribution < -0.4 is 4.74 Å². The number of amides is 1. The van der Waals surface area contributed by atoms with Gasteiger partial charge in [-0.2, -0.15) is 15.1 Å². The third-order valence-electron chi connectivity index (χ3n) is 3.40. The number of para-hydroxylation sites is 1.